The lowest BCUT2D eigenvalue weighted by Gasteiger charge is -2.18. The van der Waals surface area contributed by atoms with Gasteiger partial charge >= 0.3 is 0 Å². The topological polar surface area (TPSA) is 37.8 Å². The van der Waals surface area contributed by atoms with Crippen molar-refractivity contribution in [3.63, 3.8) is 0 Å². The van der Waals surface area contributed by atoms with Crippen LogP contribution < -0.4 is 5.32 Å². The Morgan fingerprint density at radius 1 is 1.29 bits per heavy atom. The first-order valence-electron chi connectivity index (χ1n) is 7.06. The zero-order valence-corrected chi connectivity index (χ0v) is 13.0. The molecule has 0 aliphatic heterocycles. The number of rotatable bonds is 6. The first kappa shape index (κ1) is 15.9. The van der Waals surface area contributed by atoms with Crippen LogP contribution in [0.3, 0.4) is 0 Å². The smallest absolute Gasteiger partial charge is 0.142 e. The Morgan fingerprint density at radius 3 is 2.76 bits per heavy atom. The summed E-state index contributed by atoms with van der Waals surface area (Å²) in [5, 5.41) is 3.60. The predicted molar refractivity (Wildman–Crippen MR) is 82.9 cm³/mol. The predicted octanol–water partition coefficient (Wildman–Crippen LogP) is 3.86. The molecule has 1 N–H and O–H groups in total. The summed E-state index contributed by atoms with van der Waals surface area (Å²) >= 11 is 6.05. The molecule has 1 atom stereocenters. The molecule has 1 aromatic heterocycles. The number of hydrogen-bond donors (Lipinski definition) is 1. The molecular weight excluding hydrogens is 289 g/mol. The lowest BCUT2D eigenvalue weighted by atomic mass is 10.0. The lowest BCUT2D eigenvalue weighted by Crippen LogP contribution is -2.25. The minimum absolute atomic E-state index is 0.0302. The largest absolute Gasteiger partial charge is 0.308 e. The van der Waals surface area contributed by atoms with Crippen molar-refractivity contribution in [2.75, 3.05) is 6.54 Å². The Hall–Kier alpha value is -1.52. The van der Waals surface area contributed by atoms with Gasteiger partial charge in [-0.25, -0.2) is 4.39 Å². The van der Waals surface area contributed by atoms with E-state index in [-0.39, 0.29) is 11.1 Å². The van der Waals surface area contributed by atoms with Crippen LogP contribution in [0.2, 0.25) is 5.02 Å². The standard InChI is InChI=1S/C16H19ClFN3/c1-3-7-19-14(15-10-20-11(2)9-21-15)8-12-5-4-6-13(18)16(12)17/h4-6,9-10,14,19H,3,7-8H2,1-2H3. The summed E-state index contributed by atoms with van der Waals surface area (Å²) in [4.78, 5) is 8.70. The van der Waals surface area contributed by atoms with E-state index in [1.165, 1.54) is 6.07 Å². The second-order valence-electron chi connectivity index (χ2n) is 5.01. The van der Waals surface area contributed by atoms with Gasteiger partial charge in [0.05, 0.1) is 28.6 Å². The minimum atomic E-state index is -0.390. The van der Waals surface area contributed by atoms with Crippen molar-refractivity contribution in [2.24, 2.45) is 0 Å². The maximum absolute atomic E-state index is 13.6. The first-order chi connectivity index (χ1) is 10.1. The van der Waals surface area contributed by atoms with Crippen LogP contribution in [0.4, 0.5) is 4.39 Å². The molecule has 5 heteroatoms. The number of hydrogen-bond acceptors (Lipinski definition) is 3. The molecule has 2 rings (SSSR count). The van der Waals surface area contributed by atoms with Gasteiger partial charge < -0.3 is 5.32 Å². The number of aromatic nitrogens is 2. The van der Waals surface area contributed by atoms with Gasteiger partial charge in [-0.05, 0) is 37.9 Å². The second-order valence-corrected chi connectivity index (χ2v) is 5.38. The van der Waals surface area contributed by atoms with Crippen LogP contribution >= 0.6 is 11.6 Å². The second kappa shape index (κ2) is 7.48. The average Bonchev–Trinajstić information content (AvgIpc) is 2.49. The fourth-order valence-corrected chi connectivity index (χ4v) is 2.31. The molecule has 0 saturated heterocycles. The summed E-state index contributed by atoms with van der Waals surface area (Å²) in [6.45, 7) is 4.85. The van der Waals surface area contributed by atoms with Gasteiger partial charge in [-0.3, -0.25) is 9.97 Å². The van der Waals surface area contributed by atoms with E-state index in [0.717, 1.165) is 29.9 Å². The van der Waals surface area contributed by atoms with Crippen molar-refractivity contribution < 1.29 is 4.39 Å². The van der Waals surface area contributed by atoms with Crippen molar-refractivity contribution >= 4 is 11.6 Å². The highest BCUT2D eigenvalue weighted by Gasteiger charge is 2.16. The number of benzene rings is 1. The van der Waals surface area contributed by atoms with E-state index >= 15 is 0 Å². The van der Waals surface area contributed by atoms with Crippen molar-refractivity contribution in [3.8, 4) is 0 Å². The monoisotopic (exact) mass is 307 g/mol. The van der Waals surface area contributed by atoms with Gasteiger partial charge in [0.15, 0.2) is 0 Å². The van der Waals surface area contributed by atoms with Crippen molar-refractivity contribution in [1.82, 2.24) is 15.3 Å². The third kappa shape index (κ3) is 4.22. The third-order valence-electron chi connectivity index (χ3n) is 3.25. The summed E-state index contributed by atoms with van der Waals surface area (Å²) in [7, 11) is 0. The van der Waals surface area contributed by atoms with E-state index in [1.54, 1.807) is 18.5 Å². The quantitative estimate of drug-likeness (QED) is 0.880. The maximum atomic E-state index is 13.6. The van der Waals surface area contributed by atoms with Crippen LogP contribution in [-0.2, 0) is 6.42 Å². The number of aryl methyl sites for hydroxylation is 1. The molecule has 0 radical (unpaired) electrons. The van der Waals surface area contributed by atoms with Gasteiger partial charge in [0.25, 0.3) is 0 Å². The molecule has 0 amide bonds. The molecular formula is C16H19ClFN3. The van der Waals surface area contributed by atoms with Crippen LogP contribution in [0, 0.1) is 12.7 Å². The molecule has 0 aliphatic rings. The van der Waals surface area contributed by atoms with Crippen molar-refractivity contribution in [2.45, 2.75) is 32.7 Å². The number of nitrogens with one attached hydrogen (secondary N) is 1. The van der Waals surface area contributed by atoms with E-state index in [2.05, 4.69) is 22.2 Å². The summed E-state index contributed by atoms with van der Waals surface area (Å²) in [6, 6.07) is 4.85. The Balaban J connectivity index is 2.23. The molecule has 0 saturated carbocycles. The highest BCUT2D eigenvalue weighted by atomic mass is 35.5. The Morgan fingerprint density at radius 2 is 2.10 bits per heavy atom. The molecule has 0 fully saturated rings. The highest BCUT2D eigenvalue weighted by Crippen LogP contribution is 2.24. The van der Waals surface area contributed by atoms with Gasteiger partial charge in [0, 0.05) is 6.20 Å². The van der Waals surface area contributed by atoms with Crippen LogP contribution in [0.15, 0.2) is 30.6 Å². The van der Waals surface area contributed by atoms with Crippen LogP contribution in [-0.4, -0.2) is 16.5 Å². The Labute approximate surface area is 129 Å². The molecule has 2 aromatic rings. The number of nitrogens with zero attached hydrogens (tertiary/aromatic N) is 2. The van der Waals surface area contributed by atoms with E-state index in [0.29, 0.717) is 6.42 Å². The molecule has 0 bridgehead atoms. The van der Waals surface area contributed by atoms with Crippen molar-refractivity contribution in [3.05, 3.63) is 58.4 Å². The molecule has 112 valence electrons. The third-order valence-corrected chi connectivity index (χ3v) is 3.68. The zero-order valence-electron chi connectivity index (χ0n) is 12.2. The Bertz CT molecular complexity index is 587. The summed E-state index contributed by atoms with van der Waals surface area (Å²) < 4.78 is 13.6. The fourth-order valence-electron chi connectivity index (χ4n) is 2.11. The van der Waals surface area contributed by atoms with Crippen molar-refractivity contribution in [1.29, 1.82) is 0 Å². The minimum Gasteiger partial charge on any atom is -0.308 e. The molecule has 0 aliphatic carbocycles. The summed E-state index contributed by atoms with van der Waals surface area (Å²) in [5.41, 5.74) is 2.49. The highest BCUT2D eigenvalue weighted by molar-refractivity contribution is 6.31. The Kier molecular flexibility index (Phi) is 5.65. The fraction of sp³-hybridized carbons (Fsp3) is 0.375. The molecule has 21 heavy (non-hydrogen) atoms. The van der Waals surface area contributed by atoms with Crippen LogP contribution in [0.1, 0.15) is 36.3 Å². The van der Waals surface area contributed by atoms with E-state index in [4.69, 9.17) is 11.6 Å². The molecule has 1 unspecified atom stereocenters. The lowest BCUT2D eigenvalue weighted by molar-refractivity contribution is 0.514. The SMILES string of the molecule is CCCNC(Cc1cccc(F)c1Cl)c1cnc(C)cn1. The first-order valence-corrected chi connectivity index (χ1v) is 7.44. The van der Waals surface area contributed by atoms with E-state index in [1.807, 2.05) is 13.0 Å². The summed E-state index contributed by atoms with van der Waals surface area (Å²) in [5.74, 6) is -0.390. The van der Waals surface area contributed by atoms with Gasteiger partial charge in [-0.1, -0.05) is 30.7 Å². The van der Waals surface area contributed by atoms with Crippen LogP contribution in [0.5, 0.6) is 0 Å². The van der Waals surface area contributed by atoms with E-state index < -0.39 is 5.82 Å². The van der Waals surface area contributed by atoms with Gasteiger partial charge in [0.2, 0.25) is 0 Å². The summed E-state index contributed by atoms with van der Waals surface area (Å²) in [6.07, 6.45) is 5.08. The molecule has 3 nitrogen and oxygen atoms in total. The van der Waals surface area contributed by atoms with Crippen LogP contribution in [0.25, 0.3) is 0 Å². The number of halogens is 2. The zero-order chi connectivity index (χ0) is 15.2. The average molecular weight is 308 g/mol. The van der Waals surface area contributed by atoms with Gasteiger partial charge in [0.1, 0.15) is 5.82 Å². The molecule has 1 heterocycles. The molecule has 0 spiro atoms. The van der Waals surface area contributed by atoms with Gasteiger partial charge in [-0.15, -0.1) is 0 Å². The normalized spacial score (nSPS) is 12.4. The maximum Gasteiger partial charge on any atom is 0.142 e. The van der Waals surface area contributed by atoms with Gasteiger partial charge in [-0.2, -0.15) is 0 Å². The van der Waals surface area contributed by atoms with E-state index in [9.17, 15) is 4.39 Å². The molecule has 1 aromatic carbocycles.